The summed E-state index contributed by atoms with van der Waals surface area (Å²) in [5, 5.41) is 28.4. The SMILES string of the molecule is COc1ccc(OC[C@H]2O[C@@H](N=[N+]=[N-])[C@H](N3C(=O)c4ccccc4C3=O)[C@@H](OCc3ccccc3)[C@@H]2O[C@@H]2O[C@H](COCc3ccccc3)[C@@H](O[C@@H]3O[C@@H]4CO[C@@H](c5ccccc5)O[C@H]4[C@H](O)[C@@H]3O)[C@H](OCc3ccccc3)[C@H]2N2C(=O)c3ccccc3C2=O)cc1. The molecule has 16 atom stereocenters. The van der Waals surface area contributed by atoms with Gasteiger partial charge in [-0.3, -0.25) is 29.0 Å². The predicted octanol–water partition coefficient (Wildman–Crippen LogP) is 7.88. The maximum Gasteiger partial charge on any atom is 0.262 e. The molecule has 0 bridgehead atoms. The first-order valence-corrected chi connectivity index (χ1v) is 30.2. The molecular formula is C69H65N5O18. The van der Waals surface area contributed by atoms with Crippen LogP contribution < -0.4 is 9.47 Å². The van der Waals surface area contributed by atoms with Gasteiger partial charge >= 0.3 is 0 Å². The van der Waals surface area contributed by atoms with Gasteiger partial charge in [0.15, 0.2) is 25.1 Å². The first-order valence-electron chi connectivity index (χ1n) is 30.2. The summed E-state index contributed by atoms with van der Waals surface area (Å²) in [5.74, 6) is -2.14. The van der Waals surface area contributed by atoms with Crippen molar-refractivity contribution in [1.29, 1.82) is 0 Å². The number of rotatable bonds is 22. The van der Waals surface area contributed by atoms with Crippen molar-refractivity contribution in [3.8, 4) is 11.5 Å². The average Bonchev–Trinajstić information content (AvgIpc) is 1.46. The monoisotopic (exact) mass is 1250 g/mol. The van der Waals surface area contributed by atoms with E-state index >= 15 is 9.59 Å². The zero-order chi connectivity index (χ0) is 63.2. The van der Waals surface area contributed by atoms with Crippen molar-refractivity contribution in [3.05, 3.63) is 249 Å². The molecule has 13 rings (SSSR count). The van der Waals surface area contributed by atoms with Gasteiger partial charge in [0.25, 0.3) is 23.6 Å². The van der Waals surface area contributed by atoms with Gasteiger partial charge in [-0.1, -0.05) is 151 Å². The van der Waals surface area contributed by atoms with Gasteiger partial charge in [0.2, 0.25) is 0 Å². The van der Waals surface area contributed by atoms with Gasteiger partial charge in [-0.2, -0.15) is 0 Å². The second kappa shape index (κ2) is 28.0. The number of aliphatic hydroxyl groups excluding tert-OH is 2. The molecule has 2 N–H and O–H groups in total. The van der Waals surface area contributed by atoms with Crippen LogP contribution in [-0.4, -0.2) is 163 Å². The van der Waals surface area contributed by atoms with Crippen molar-refractivity contribution in [3.63, 3.8) is 0 Å². The van der Waals surface area contributed by atoms with E-state index in [-0.39, 0.29) is 61.9 Å². The molecule has 6 aliphatic heterocycles. The molecule has 7 aromatic carbocycles. The van der Waals surface area contributed by atoms with Crippen molar-refractivity contribution >= 4 is 23.6 Å². The summed E-state index contributed by atoms with van der Waals surface area (Å²) < 4.78 is 80.0. The number of fused-ring (bicyclic) bond motifs is 3. The van der Waals surface area contributed by atoms with E-state index in [2.05, 4.69) is 10.0 Å². The Hall–Kier alpha value is -8.75. The van der Waals surface area contributed by atoms with Crippen molar-refractivity contribution in [1.82, 2.24) is 9.80 Å². The van der Waals surface area contributed by atoms with Gasteiger partial charge < -0.3 is 67.1 Å². The van der Waals surface area contributed by atoms with Crippen LogP contribution >= 0.6 is 0 Å². The zero-order valence-electron chi connectivity index (χ0n) is 49.6. The first kappa shape index (κ1) is 62.1. The summed E-state index contributed by atoms with van der Waals surface area (Å²) in [6.07, 6.45) is -20.4. The van der Waals surface area contributed by atoms with E-state index in [1.165, 1.54) is 31.4 Å². The van der Waals surface area contributed by atoms with E-state index in [1.54, 1.807) is 72.8 Å². The standard InChI is InChI=1S/C69H65N5O18/c1-81-44-30-32-45(33-31-44)83-38-52-59(60(84-35-41-20-8-3-9-21-41)53(62(87-52)71-72-70)73-63(77)46-26-14-15-27-47(46)64(73)78)91-68-54(74-65(79)48-28-16-17-29-49(48)66(74)80)61(85-36-42-22-10-4-11-23-42)58(50(88-68)37-82-34-40-18-6-2-7-19-40)92-69-56(76)55(75)57-51(89-69)39-86-67(90-57)43-24-12-5-13-25-43/h2-33,50-62,67-69,75-76H,34-39H2,1H3/t50-,51-,52-,53-,54-,55-,56+,57-,58-,59-,60-,61-,62-,67-,68+,69+/m1/s1. The number of nitrogens with zero attached hydrogens (tertiary/aromatic N) is 5. The highest BCUT2D eigenvalue weighted by Gasteiger charge is 2.61. The molecule has 0 unspecified atom stereocenters. The summed E-state index contributed by atoms with van der Waals surface area (Å²) >= 11 is 0. The number of hydrogen-bond acceptors (Lipinski definition) is 19. The maximum absolute atomic E-state index is 15.4. The Labute approximate surface area is 528 Å². The molecule has 0 aliphatic carbocycles. The minimum Gasteiger partial charge on any atom is -0.497 e. The Kier molecular flexibility index (Phi) is 18.9. The summed E-state index contributed by atoms with van der Waals surface area (Å²) in [4.78, 5) is 65.6. The fourth-order valence-electron chi connectivity index (χ4n) is 12.6. The highest BCUT2D eigenvalue weighted by molar-refractivity contribution is 6.22. The second-order valence-electron chi connectivity index (χ2n) is 22.8. The highest BCUT2D eigenvalue weighted by atomic mass is 16.8. The molecular weight excluding hydrogens is 1190 g/mol. The Morgan fingerprint density at radius 3 is 1.51 bits per heavy atom. The molecule has 4 amide bonds. The smallest absolute Gasteiger partial charge is 0.262 e. The summed E-state index contributed by atoms with van der Waals surface area (Å²) in [7, 11) is 1.52. The van der Waals surface area contributed by atoms with Crippen LogP contribution in [0.5, 0.6) is 11.5 Å². The Morgan fingerprint density at radius 1 is 0.511 bits per heavy atom. The van der Waals surface area contributed by atoms with Crippen LogP contribution in [0.4, 0.5) is 0 Å². The number of aliphatic hydroxyl groups is 2. The molecule has 23 heteroatoms. The first-order chi connectivity index (χ1) is 45.0. The minimum atomic E-state index is -1.83. The Morgan fingerprint density at radius 2 is 0.978 bits per heavy atom. The number of ether oxygens (including phenoxy) is 12. The van der Waals surface area contributed by atoms with Crippen molar-refractivity contribution in [2.24, 2.45) is 5.11 Å². The van der Waals surface area contributed by atoms with E-state index in [4.69, 9.17) is 56.8 Å². The number of carbonyl (C=O) groups excluding carboxylic acids is 4. The predicted molar refractivity (Wildman–Crippen MR) is 323 cm³/mol. The van der Waals surface area contributed by atoms with E-state index in [1.807, 2.05) is 97.1 Å². The van der Waals surface area contributed by atoms with Gasteiger partial charge in [-0.25, -0.2) is 0 Å². The summed E-state index contributed by atoms with van der Waals surface area (Å²) in [6, 6.07) is 52.5. The molecule has 7 aromatic rings. The van der Waals surface area contributed by atoms with Crippen LogP contribution in [0, 0.1) is 0 Å². The molecule has 0 spiro atoms. The number of amides is 4. The van der Waals surface area contributed by atoms with Crippen LogP contribution in [0.15, 0.2) is 199 Å². The molecule has 0 aromatic heterocycles. The quantitative estimate of drug-likeness (QED) is 0.0282. The summed E-state index contributed by atoms with van der Waals surface area (Å²) in [5.41, 5.74) is 13.4. The second-order valence-corrected chi connectivity index (χ2v) is 22.8. The fraction of sp³-hybridized carbons (Fsp3) is 0.333. The van der Waals surface area contributed by atoms with Crippen LogP contribution in [0.2, 0.25) is 0 Å². The van der Waals surface area contributed by atoms with Gasteiger partial charge in [-0.05, 0) is 70.8 Å². The highest BCUT2D eigenvalue weighted by Crippen LogP contribution is 2.43. The van der Waals surface area contributed by atoms with Crippen LogP contribution in [0.25, 0.3) is 10.4 Å². The van der Waals surface area contributed by atoms with Gasteiger partial charge in [-0.15, -0.1) is 0 Å². The lowest BCUT2D eigenvalue weighted by molar-refractivity contribution is -0.388. The largest absolute Gasteiger partial charge is 0.497 e. The number of azide groups is 1. The molecule has 0 saturated carbocycles. The van der Waals surface area contributed by atoms with E-state index in [9.17, 15) is 25.3 Å². The normalized spacial score (nSPS) is 29.2. The van der Waals surface area contributed by atoms with Gasteiger partial charge in [0.05, 0.1) is 62.4 Å². The third-order valence-electron chi connectivity index (χ3n) is 17.1. The van der Waals surface area contributed by atoms with Crippen molar-refractivity contribution < 1.29 is 86.2 Å². The van der Waals surface area contributed by atoms with Gasteiger partial charge in [0, 0.05) is 10.5 Å². The Balaban J connectivity index is 0.946. The number of carbonyl (C=O) groups is 4. The van der Waals surface area contributed by atoms with Crippen molar-refractivity contribution in [2.75, 3.05) is 26.9 Å². The molecule has 6 heterocycles. The summed E-state index contributed by atoms with van der Waals surface area (Å²) in [6.45, 7) is -1.12. The van der Waals surface area contributed by atoms with E-state index in [0.29, 0.717) is 28.2 Å². The molecule has 6 aliphatic rings. The third-order valence-corrected chi connectivity index (χ3v) is 17.1. The van der Waals surface area contributed by atoms with Crippen molar-refractivity contribution in [2.45, 2.75) is 118 Å². The lowest BCUT2D eigenvalue weighted by Crippen LogP contribution is -2.71. The van der Waals surface area contributed by atoms with E-state index < -0.39 is 122 Å². The zero-order valence-corrected chi connectivity index (χ0v) is 49.6. The number of hydrogen-bond donors (Lipinski definition) is 2. The fourth-order valence-corrected chi connectivity index (χ4v) is 12.6. The molecule has 474 valence electrons. The number of benzene rings is 7. The molecule has 4 fully saturated rings. The Bertz CT molecular complexity index is 3690. The van der Waals surface area contributed by atoms with Gasteiger partial charge in [0.1, 0.15) is 91.2 Å². The maximum atomic E-state index is 15.4. The molecule has 0 radical (unpaired) electrons. The van der Waals surface area contributed by atoms with Crippen LogP contribution in [0.3, 0.4) is 0 Å². The average molecular weight is 1250 g/mol. The van der Waals surface area contributed by atoms with Crippen LogP contribution in [0.1, 0.15) is 70.0 Å². The number of imide groups is 2. The lowest BCUT2D eigenvalue weighted by atomic mass is 9.92. The molecule has 23 nitrogen and oxygen atoms in total. The molecule has 4 saturated heterocycles. The minimum absolute atomic E-state index is 0.0397. The van der Waals surface area contributed by atoms with E-state index in [0.717, 1.165) is 15.4 Å². The lowest BCUT2D eigenvalue weighted by Gasteiger charge is -2.53. The van der Waals surface area contributed by atoms with Crippen LogP contribution in [-0.2, 0) is 67.2 Å². The third kappa shape index (κ3) is 12.8. The number of methoxy groups -OCH3 is 1. The topological polar surface area (TPSA) is 275 Å². The molecule has 92 heavy (non-hydrogen) atoms.